The number of hydrogen-bond acceptors (Lipinski definition) is 7. The maximum Gasteiger partial charge on any atom is 0.220 e. The van der Waals surface area contributed by atoms with Crippen LogP contribution in [0.25, 0.3) is 11.1 Å². The molecule has 4 atom stereocenters. The van der Waals surface area contributed by atoms with Crippen LogP contribution in [0.4, 0.5) is 0 Å². The van der Waals surface area contributed by atoms with Gasteiger partial charge in [-0.2, -0.15) is 0 Å². The Hall–Kier alpha value is -4.09. The van der Waals surface area contributed by atoms with E-state index < -0.39 is 11.9 Å². The molecule has 0 unspecified atom stereocenters. The van der Waals surface area contributed by atoms with E-state index in [9.17, 15) is 19.8 Å². The van der Waals surface area contributed by atoms with Gasteiger partial charge in [-0.3, -0.25) is 9.59 Å². The van der Waals surface area contributed by atoms with E-state index in [1.54, 1.807) is 0 Å². The molecule has 0 aromatic heterocycles. The Morgan fingerprint density at radius 2 is 1.55 bits per heavy atom. The molecule has 2 aliphatic heterocycles. The molecule has 0 spiro atoms. The summed E-state index contributed by atoms with van der Waals surface area (Å²) in [5, 5.41) is 27.7. The number of unbranched alkanes of at least 4 members (excludes halogenated alkanes) is 2. The lowest BCUT2D eigenvalue weighted by Crippen LogP contribution is -2.49. The molecule has 55 heavy (non-hydrogen) atoms. The lowest BCUT2D eigenvalue weighted by Gasteiger charge is -2.45. The molecule has 0 radical (unpaired) electrons. The Morgan fingerprint density at radius 1 is 0.855 bits per heavy atom. The fraction of sp³-hybridized carbons (Fsp3) is 0.422. The number of nitrogens with zero attached hydrogens (tertiary/aromatic N) is 1. The molecule has 4 N–H and O–H groups in total. The normalized spacial score (nSPS) is 21.2. The number of amides is 2. The smallest absolute Gasteiger partial charge is 0.220 e. The van der Waals surface area contributed by atoms with Crippen molar-refractivity contribution in [2.75, 3.05) is 26.2 Å². The molecule has 0 bridgehead atoms. The van der Waals surface area contributed by atoms with Gasteiger partial charge in [0.25, 0.3) is 0 Å². The summed E-state index contributed by atoms with van der Waals surface area (Å²) in [4.78, 5) is 26.0. The molecule has 4 aromatic rings. The Morgan fingerprint density at radius 3 is 2.24 bits per heavy atom. The monoisotopic (exact) mass is 767 g/mol. The van der Waals surface area contributed by atoms with E-state index in [2.05, 4.69) is 52.8 Å². The van der Waals surface area contributed by atoms with Gasteiger partial charge in [0, 0.05) is 62.6 Å². The summed E-state index contributed by atoms with van der Waals surface area (Å²) >= 11 is 6.11. The van der Waals surface area contributed by atoms with Crippen LogP contribution in [-0.2, 0) is 37.8 Å². The van der Waals surface area contributed by atoms with E-state index in [0.717, 1.165) is 71.3 Å². The van der Waals surface area contributed by atoms with Crippen LogP contribution in [0.5, 0.6) is 0 Å². The molecule has 2 aliphatic rings. The van der Waals surface area contributed by atoms with Crippen molar-refractivity contribution in [3.63, 3.8) is 0 Å². The van der Waals surface area contributed by atoms with Crippen LogP contribution < -0.4 is 10.6 Å². The van der Waals surface area contributed by atoms with Crippen LogP contribution in [0.3, 0.4) is 0 Å². The van der Waals surface area contributed by atoms with Gasteiger partial charge < -0.3 is 35.2 Å². The molecule has 9 nitrogen and oxygen atoms in total. The maximum atomic E-state index is 12.6. The lowest BCUT2D eigenvalue weighted by molar-refractivity contribution is -0.277. The van der Waals surface area contributed by atoms with Crippen molar-refractivity contribution in [3.05, 3.63) is 130 Å². The minimum Gasteiger partial charge on any atom is -0.392 e. The SMILES string of the molecule is CC(=O)NCCCCCC(=O)NCc1ccccc1-c1ccc([C@H]2O[C@@H](CN3CCC(O)(c4ccc(Cl)cc4)CC3)[C@@H](C)[C@@H](c3ccc(CO)cc3)O2)cc1. The standard InChI is InChI=1S/C45H54ClN3O6/c1-31-41(29-49-26-23-45(53,24-27-49)38-19-21-39(46)22-20-38)54-44(55-43(31)35-13-11-33(30-50)12-14-35)36-17-15-34(16-18-36)40-9-6-5-8-37(40)28-48-42(52)10-4-3-7-25-47-32(2)51/h5-6,8-9,11-22,31,41,43-44,50,53H,3-4,7,10,23-30H2,1-2H3,(H,47,51)(H,48,52)/t31-,41+,43+,44+/m1/s1. The number of aliphatic hydroxyl groups is 2. The molecule has 2 saturated heterocycles. The summed E-state index contributed by atoms with van der Waals surface area (Å²) < 4.78 is 13.5. The second-order valence-electron chi connectivity index (χ2n) is 15.0. The van der Waals surface area contributed by atoms with E-state index in [-0.39, 0.29) is 36.5 Å². The number of carbonyl (C=O) groups is 2. The van der Waals surface area contributed by atoms with Gasteiger partial charge in [0.1, 0.15) is 0 Å². The molecule has 4 aromatic carbocycles. The molecular formula is C45H54ClN3O6. The second-order valence-corrected chi connectivity index (χ2v) is 15.4. The Kier molecular flexibility index (Phi) is 14.1. The molecule has 2 amide bonds. The zero-order chi connectivity index (χ0) is 38.8. The molecule has 2 fully saturated rings. The van der Waals surface area contributed by atoms with Crippen LogP contribution in [0.1, 0.15) is 92.6 Å². The number of aliphatic hydroxyl groups excluding tert-OH is 1. The zero-order valence-electron chi connectivity index (χ0n) is 31.9. The quantitative estimate of drug-likeness (QED) is 0.0921. The third kappa shape index (κ3) is 10.8. The largest absolute Gasteiger partial charge is 0.392 e. The van der Waals surface area contributed by atoms with Crippen LogP contribution >= 0.6 is 11.6 Å². The van der Waals surface area contributed by atoms with Crippen molar-refractivity contribution >= 4 is 23.4 Å². The number of benzene rings is 4. The first-order chi connectivity index (χ1) is 26.6. The van der Waals surface area contributed by atoms with Gasteiger partial charge in [-0.1, -0.05) is 110 Å². The van der Waals surface area contributed by atoms with Crippen molar-refractivity contribution in [2.24, 2.45) is 5.92 Å². The van der Waals surface area contributed by atoms with E-state index >= 15 is 0 Å². The number of rotatable bonds is 15. The molecular weight excluding hydrogens is 714 g/mol. The topological polar surface area (TPSA) is 120 Å². The maximum absolute atomic E-state index is 12.6. The molecule has 292 valence electrons. The number of carbonyl (C=O) groups excluding carboxylic acids is 2. The highest BCUT2D eigenvalue weighted by Crippen LogP contribution is 2.43. The third-order valence-electron chi connectivity index (χ3n) is 11.1. The minimum absolute atomic E-state index is 0.0161. The molecule has 0 aliphatic carbocycles. The summed E-state index contributed by atoms with van der Waals surface area (Å²) in [6, 6.07) is 31.8. The number of likely N-dealkylation sites (tertiary alicyclic amines) is 1. The number of hydrogen-bond donors (Lipinski definition) is 4. The van der Waals surface area contributed by atoms with Crippen molar-refractivity contribution < 1.29 is 29.3 Å². The first kappa shape index (κ1) is 40.6. The number of halogens is 1. The van der Waals surface area contributed by atoms with Crippen molar-refractivity contribution in [1.82, 2.24) is 15.5 Å². The highest BCUT2D eigenvalue weighted by atomic mass is 35.5. The molecule has 0 saturated carbocycles. The summed E-state index contributed by atoms with van der Waals surface area (Å²) in [5.74, 6) is 0.0250. The zero-order valence-corrected chi connectivity index (χ0v) is 32.6. The predicted octanol–water partition coefficient (Wildman–Crippen LogP) is 7.59. The molecule has 6 rings (SSSR count). The predicted molar refractivity (Wildman–Crippen MR) is 215 cm³/mol. The summed E-state index contributed by atoms with van der Waals surface area (Å²) in [7, 11) is 0. The van der Waals surface area contributed by atoms with Crippen molar-refractivity contribution in [3.8, 4) is 11.1 Å². The van der Waals surface area contributed by atoms with Gasteiger partial charge in [-0.25, -0.2) is 0 Å². The highest BCUT2D eigenvalue weighted by Gasteiger charge is 2.41. The Balaban J connectivity index is 1.12. The van der Waals surface area contributed by atoms with Gasteiger partial charge in [-0.15, -0.1) is 0 Å². The van der Waals surface area contributed by atoms with Gasteiger partial charge >= 0.3 is 0 Å². The van der Waals surface area contributed by atoms with E-state index in [1.165, 1.54) is 6.92 Å². The van der Waals surface area contributed by atoms with Crippen LogP contribution in [0.2, 0.25) is 5.02 Å². The summed E-state index contributed by atoms with van der Waals surface area (Å²) in [5.41, 5.74) is 5.93. The van der Waals surface area contributed by atoms with Gasteiger partial charge in [0.05, 0.1) is 24.4 Å². The minimum atomic E-state index is -0.884. The van der Waals surface area contributed by atoms with Gasteiger partial charge in [0.2, 0.25) is 11.8 Å². The van der Waals surface area contributed by atoms with Crippen LogP contribution in [-0.4, -0.2) is 59.2 Å². The summed E-state index contributed by atoms with van der Waals surface area (Å²) in [6.45, 7) is 6.92. The number of piperidine rings is 1. The lowest BCUT2D eigenvalue weighted by atomic mass is 9.84. The second kappa shape index (κ2) is 19.2. The van der Waals surface area contributed by atoms with E-state index in [1.807, 2.05) is 66.7 Å². The Labute approximate surface area is 330 Å². The van der Waals surface area contributed by atoms with E-state index in [4.69, 9.17) is 21.1 Å². The fourth-order valence-electron chi connectivity index (χ4n) is 7.65. The Bertz CT molecular complexity index is 1840. The van der Waals surface area contributed by atoms with Crippen LogP contribution in [0.15, 0.2) is 97.1 Å². The highest BCUT2D eigenvalue weighted by molar-refractivity contribution is 6.30. The van der Waals surface area contributed by atoms with Crippen molar-refractivity contribution in [1.29, 1.82) is 0 Å². The van der Waals surface area contributed by atoms with E-state index in [0.29, 0.717) is 43.9 Å². The fourth-order valence-corrected chi connectivity index (χ4v) is 7.77. The van der Waals surface area contributed by atoms with Crippen LogP contribution in [0, 0.1) is 5.92 Å². The summed E-state index contributed by atoms with van der Waals surface area (Å²) in [6.07, 6.45) is 3.25. The average Bonchev–Trinajstić information content (AvgIpc) is 3.20. The number of ether oxygens (including phenoxy) is 2. The first-order valence-electron chi connectivity index (χ1n) is 19.5. The molecule has 10 heteroatoms. The third-order valence-corrected chi connectivity index (χ3v) is 11.3. The first-order valence-corrected chi connectivity index (χ1v) is 19.9. The molecule has 2 heterocycles. The van der Waals surface area contributed by atoms with Crippen molar-refractivity contribution in [2.45, 2.75) is 89.6 Å². The average molecular weight is 768 g/mol. The number of nitrogens with one attached hydrogen (secondary N) is 2. The van der Waals surface area contributed by atoms with Gasteiger partial charge in [-0.05, 0) is 71.2 Å². The van der Waals surface area contributed by atoms with Gasteiger partial charge in [0.15, 0.2) is 6.29 Å².